The van der Waals surface area contributed by atoms with E-state index in [-0.39, 0.29) is 97.7 Å². The molecular formula is C56H84N20O4S4Sn. The summed E-state index contributed by atoms with van der Waals surface area (Å²) < 4.78 is 32.4. The number of nitrogens with one attached hydrogen (secondary N) is 3. The fourth-order valence-corrected chi connectivity index (χ4v) is 13.3. The average Bonchev–Trinajstić information content (AvgIpc) is 1.92. The number of H-pyrrole nitrogens is 1. The van der Waals surface area contributed by atoms with E-state index in [1.54, 1.807) is 23.5 Å². The summed E-state index contributed by atoms with van der Waals surface area (Å²) in [4.78, 5) is 32.2. The molecule has 24 nitrogen and oxygen atoms in total. The molecule has 0 radical (unpaired) electrons. The second kappa shape index (κ2) is 28.8. The number of aromatic nitrogens is 14. The molecule has 4 aliphatic carbocycles. The molecule has 0 spiro atoms. The van der Waals surface area contributed by atoms with Gasteiger partial charge in [0.15, 0.2) is 67.8 Å². The molecule has 460 valence electrons. The number of hydrogen-bond donors (Lipinski definition) is 3. The van der Waals surface area contributed by atoms with Crippen LogP contribution in [0.15, 0.2) is 74.3 Å². The number of benzene rings is 2. The molecule has 0 amide bonds. The summed E-state index contributed by atoms with van der Waals surface area (Å²) in [5, 5.41) is 41.7. The van der Waals surface area contributed by atoms with Crippen molar-refractivity contribution in [1.29, 1.82) is 0 Å². The molecule has 7 aromatic rings. The van der Waals surface area contributed by atoms with Crippen molar-refractivity contribution in [2.45, 2.75) is 211 Å². The summed E-state index contributed by atoms with van der Waals surface area (Å²) >= 11 is 1.22. The van der Waals surface area contributed by atoms with Crippen LogP contribution in [0.2, 0.25) is 14.8 Å². The van der Waals surface area contributed by atoms with Gasteiger partial charge in [-0.05, 0) is 70.9 Å². The Balaban J connectivity index is 0.000000233. The molecule has 0 bridgehead atoms. The molecule has 2 aliphatic heterocycles. The molecule has 29 heteroatoms. The number of azide groups is 1. The first-order chi connectivity index (χ1) is 38.5. The number of aromatic amines is 1. The number of tetrazole rings is 1. The van der Waals surface area contributed by atoms with E-state index in [4.69, 9.17) is 51.0 Å². The first kappa shape index (κ1) is 69.0. The van der Waals surface area contributed by atoms with Gasteiger partial charge in [-0.2, -0.15) is 32.2 Å². The Bertz CT molecular complexity index is 3380. The Labute approximate surface area is 525 Å². The molecule has 12 atom stereocenters. The van der Waals surface area contributed by atoms with Gasteiger partial charge in [-0.25, -0.2) is 35.9 Å². The normalized spacial score (nSPS) is 26.7. The van der Waals surface area contributed by atoms with E-state index in [0.717, 1.165) is 54.0 Å². The van der Waals surface area contributed by atoms with E-state index >= 15 is 0 Å². The molecule has 4 saturated carbocycles. The third kappa shape index (κ3) is 15.4. The molecule has 6 fully saturated rings. The van der Waals surface area contributed by atoms with Gasteiger partial charge in [0.2, 0.25) is 0 Å². The number of rotatable bonds is 16. The van der Waals surface area contributed by atoms with Crippen LogP contribution in [-0.2, 0) is 18.9 Å². The fourth-order valence-electron chi connectivity index (χ4n) is 11.2. The molecule has 2 saturated heterocycles. The topological polar surface area (TPSA) is 282 Å². The minimum atomic E-state index is -2.07. The number of thioether (sulfide) groups is 2. The third-order valence-corrected chi connectivity index (χ3v) is 18.9. The Hall–Kier alpha value is -5.09. The van der Waals surface area contributed by atoms with Crippen molar-refractivity contribution in [3.05, 3.63) is 99.5 Å². The van der Waals surface area contributed by atoms with Crippen molar-refractivity contribution in [3.8, 4) is 0 Å². The van der Waals surface area contributed by atoms with Crippen LogP contribution in [0.1, 0.15) is 149 Å². The molecule has 3 N–H and O–H groups in total. The first-order valence-corrected chi connectivity index (χ1v) is 39.4. The number of fused-ring (bicyclic) bond motifs is 4. The van der Waals surface area contributed by atoms with Gasteiger partial charge in [-0.1, -0.05) is 136 Å². The van der Waals surface area contributed by atoms with Crippen molar-refractivity contribution in [1.82, 2.24) is 70.5 Å². The van der Waals surface area contributed by atoms with E-state index in [9.17, 15) is 0 Å². The zero-order valence-electron chi connectivity index (χ0n) is 47.4. The van der Waals surface area contributed by atoms with Gasteiger partial charge < -0.3 is 34.4 Å². The Morgan fingerprint density at radius 2 is 1.12 bits per heavy atom. The van der Waals surface area contributed by atoms with Crippen molar-refractivity contribution in [2.75, 3.05) is 22.1 Å². The van der Waals surface area contributed by atoms with Crippen molar-refractivity contribution < 1.29 is 18.9 Å². The number of hydrogen-bond acceptors (Lipinski definition) is 20. The van der Waals surface area contributed by atoms with E-state index in [0.29, 0.717) is 70.1 Å². The van der Waals surface area contributed by atoms with E-state index in [1.807, 2.05) is 43.1 Å². The summed E-state index contributed by atoms with van der Waals surface area (Å²) in [5.74, 6) is 3.32. The van der Waals surface area contributed by atoms with Crippen LogP contribution in [-0.4, -0.2) is 155 Å². The van der Waals surface area contributed by atoms with Gasteiger partial charge >= 0.3 is 47.2 Å². The zero-order valence-corrected chi connectivity index (χ0v) is 53.9. The van der Waals surface area contributed by atoms with Gasteiger partial charge in [0, 0.05) is 35.4 Å². The Kier molecular flexibility index (Phi) is 23.4. The molecule has 85 heavy (non-hydrogen) atoms. The summed E-state index contributed by atoms with van der Waals surface area (Å²) in [5.41, 5.74) is 13.3. The molecular weight excluding hydrogens is 1260 g/mol. The SMILES string of the molecule is C.C.C.CCCSc1nc(N[C@@H]2C[C@H]2c2ccccc2)c2nnn([C@@H]3C[C@H](c4nn[nH]n4)[C@H]4OC(C)(C)O[C@H]43)c2n1.S.S.[C-]#[N+][C@H]1C[C@@H](n2nnc3c(N[C@@H]4C[C@H]4c4ccccc4)nc(SCCC)nc32)[C@@H]2OC(C)(C)O[C@@H]21.[CH3][Sn]([CH3])([CH3])[N]=[N+]=[N-]. The van der Waals surface area contributed by atoms with Gasteiger partial charge in [0.25, 0.3) is 6.04 Å². The molecule has 0 unspecified atom stereocenters. The van der Waals surface area contributed by atoms with Crippen LogP contribution in [0.4, 0.5) is 11.6 Å². The Morgan fingerprint density at radius 1 is 0.659 bits per heavy atom. The second-order valence-corrected chi connectivity index (χ2v) is 38.1. The van der Waals surface area contributed by atoms with Crippen molar-refractivity contribution >= 4 is 103 Å². The summed E-state index contributed by atoms with van der Waals surface area (Å²) in [6.07, 6.45) is 4.43. The second-order valence-electron chi connectivity index (χ2n) is 23.0. The molecule has 2 aromatic carbocycles. The zero-order chi connectivity index (χ0) is 55.9. The van der Waals surface area contributed by atoms with Crippen LogP contribution >= 0.6 is 50.5 Å². The van der Waals surface area contributed by atoms with Gasteiger partial charge in [0.05, 0.1) is 30.5 Å². The third-order valence-electron chi connectivity index (χ3n) is 14.8. The van der Waals surface area contributed by atoms with Crippen LogP contribution < -0.4 is 10.6 Å². The molecule has 7 heterocycles. The average molecular weight is 1350 g/mol. The molecule has 6 aliphatic rings. The molecule has 5 aromatic heterocycles. The standard InChI is InChI=1S/C25H30N10O2S.C25H29N7O2S.3CH4.3CH3.N3.2H2S.Sn/c1-4-10-38-24-27-22(26-16-11-14(16)13-8-6-5-7-9-13)18-23(28-24)35(34-29-18)17-12-15(21-30-32-33-31-21)19-20(17)37-25(2,3)36-19;1-5-11-35-24-28-22(27-16-12-15(16)14-9-7-6-8-10-14)19-23(29-24)32(31-30-19)18-13-17(26-4)20-21(18)34-25(2,3)33-20;;;;;;;1-3-2;;;/h5-9,14-17,19-20H,4,10-12H2,1-3H3,(H,26,27,28)(H,30,31,32,33);6-10,15-18,20-21H,5,11-13H2,1-3H3,(H,27,28,29);3*1H4;3*1H3;;2*1H2;/q;;;;;;;;-1;;;+1/t14-,15-,16+,17+,19+,20-;15-,16+,17-,18+,20+,21-;;;;;;;;;;/m00........../s1. The van der Waals surface area contributed by atoms with Gasteiger partial charge in [0.1, 0.15) is 12.2 Å². The van der Waals surface area contributed by atoms with Crippen molar-refractivity contribution in [2.24, 2.45) is 3.34 Å². The summed E-state index contributed by atoms with van der Waals surface area (Å²) in [6.45, 7) is 19.6. The van der Waals surface area contributed by atoms with E-state index in [1.165, 1.54) is 11.1 Å². The number of anilines is 2. The van der Waals surface area contributed by atoms with Crippen LogP contribution in [0.3, 0.4) is 0 Å². The van der Waals surface area contributed by atoms with Crippen molar-refractivity contribution in [3.63, 3.8) is 0 Å². The fraction of sp³-hybridized carbons (Fsp3) is 0.607. The Morgan fingerprint density at radius 3 is 1.54 bits per heavy atom. The predicted octanol–water partition coefficient (Wildman–Crippen LogP) is 12.2. The molecule has 13 rings (SSSR count). The van der Waals surface area contributed by atoms with Crippen LogP contribution in [0, 0.1) is 6.57 Å². The maximum absolute atomic E-state index is 7.91. The minimum absolute atomic E-state index is 0. The maximum atomic E-state index is 7.91. The van der Waals surface area contributed by atoms with Gasteiger partial charge in [-0.15, -0.1) is 20.4 Å². The number of ether oxygens (including phenoxy) is 4. The first-order valence-electron chi connectivity index (χ1n) is 27.6. The van der Waals surface area contributed by atoms with E-state index in [2.05, 4.69) is 148 Å². The monoisotopic (exact) mass is 1350 g/mol. The number of nitrogens with zero attached hydrogens (tertiary/aromatic N) is 17. The summed E-state index contributed by atoms with van der Waals surface area (Å²) in [7, 11) is 0. The predicted molar refractivity (Wildman–Crippen MR) is 346 cm³/mol. The van der Waals surface area contributed by atoms with E-state index < -0.39 is 30.2 Å². The van der Waals surface area contributed by atoms with Gasteiger partial charge in [-0.3, -0.25) is 0 Å². The quantitative estimate of drug-likeness (QED) is 0.0154. The summed E-state index contributed by atoms with van der Waals surface area (Å²) in [6, 6.07) is 21.2. The van der Waals surface area contributed by atoms with Crippen LogP contribution in [0.25, 0.3) is 37.6 Å². The van der Waals surface area contributed by atoms with Crippen LogP contribution in [0.5, 0.6) is 0 Å².